The molecule has 5 heterocycles. The van der Waals surface area contributed by atoms with Crippen molar-refractivity contribution in [1.82, 2.24) is 8.96 Å². The van der Waals surface area contributed by atoms with Crippen LogP contribution in [0.1, 0.15) is 11.3 Å². The Morgan fingerprint density at radius 2 is 1.24 bits per heavy atom. The highest BCUT2D eigenvalue weighted by Crippen LogP contribution is 2.42. The number of hydrogen-bond acceptors (Lipinski definition) is 2. The second-order valence-electron chi connectivity index (χ2n) is 10.0. The summed E-state index contributed by atoms with van der Waals surface area (Å²) in [4.78, 5) is 0. The Morgan fingerprint density at radius 3 is 1.88 bits per heavy atom. The lowest BCUT2D eigenvalue weighted by atomic mass is 9.86. The highest BCUT2D eigenvalue weighted by atomic mass is 19.2. The number of rotatable bonds is 3. The Balaban J connectivity index is 1.42. The van der Waals surface area contributed by atoms with Crippen molar-refractivity contribution in [3.8, 4) is 22.6 Å². The molecular weight excluding hydrogens is 538 g/mol. The highest BCUT2D eigenvalue weighted by Gasteiger charge is 2.54. The summed E-state index contributed by atoms with van der Waals surface area (Å²) in [5, 5.41) is 0.0968. The van der Waals surface area contributed by atoms with E-state index in [1.165, 1.54) is 78.9 Å². The lowest BCUT2D eigenvalue weighted by molar-refractivity contribution is 0.513. The van der Waals surface area contributed by atoms with E-state index in [1.807, 2.05) is 0 Å². The van der Waals surface area contributed by atoms with Gasteiger partial charge in [-0.1, -0.05) is 36.4 Å². The predicted molar refractivity (Wildman–Crippen MR) is 144 cm³/mol. The summed E-state index contributed by atoms with van der Waals surface area (Å²) in [5.41, 5.74) is 2.25. The molecule has 3 aromatic heterocycles. The molecule has 0 saturated heterocycles. The lowest BCUT2D eigenvalue weighted by Crippen LogP contribution is -2.56. The van der Waals surface area contributed by atoms with Crippen molar-refractivity contribution in [1.29, 1.82) is 0 Å². The van der Waals surface area contributed by atoms with Crippen LogP contribution in [0.15, 0.2) is 106 Å². The Labute approximate surface area is 228 Å². The molecule has 0 fully saturated rings. The smallest absolute Gasteiger partial charge is 0.455 e. The standard InChI is InChI=1S/C31H16BF5N2O2/c33-20-7-1-4-17(10-20)27-13-23-29(40-27)15-25-31(19-6-3-9-22(35)12-19)26-16-30-24(39(26)32(36,37)38(23)25)14-28(41-30)18-5-2-8-21(34)11-18/h1-16H. The number of benzene rings is 3. The molecule has 2 aliphatic rings. The van der Waals surface area contributed by atoms with Gasteiger partial charge in [0.25, 0.3) is 0 Å². The number of hydrogen-bond donors (Lipinski definition) is 0. The van der Waals surface area contributed by atoms with Crippen LogP contribution in [0.5, 0.6) is 0 Å². The fourth-order valence-electron chi connectivity index (χ4n) is 5.83. The van der Waals surface area contributed by atoms with Crippen molar-refractivity contribution in [3.05, 3.63) is 136 Å². The zero-order chi connectivity index (χ0) is 28.0. The van der Waals surface area contributed by atoms with Crippen molar-refractivity contribution in [2.75, 3.05) is 0 Å². The summed E-state index contributed by atoms with van der Waals surface area (Å²) in [6.45, 7) is -4.53. The van der Waals surface area contributed by atoms with Crippen LogP contribution in [-0.2, 0) is 0 Å². The Hall–Kier alpha value is -5.12. The molecule has 0 saturated carbocycles. The van der Waals surface area contributed by atoms with Gasteiger partial charge in [0.2, 0.25) is 5.36 Å². The summed E-state index contributed by atoms with van der Waals surface area (Å²) >= 11 is 0. The predicted octanol–water partition coefficient (Wildman–Crippen LogP) is 6.56. The lowest BCUT2D eigenvalue weighted by Gasteiger charge is -2.31. The first kappa shape index (κ1) is 23.7. The minimum Gasteiger partial charge on any atom is -0.455 e. The van der Waals surface area contributed by atoms with Gasteiger partial charge in [-0.05, 0) is 42.0 Å². The van der Waals surface area contributed by atoms with E-state index in [-0.39, 0.29) is 44.8 Å². The van der Waals surface area contributed by atoms with Crippen LogP contribution in [0.2, 0.25) is 0 Å². The molecular formula is C31H16BF5N2O2. The van der Waals surface area contributed by atoms with Gasteiger partial charge in [-0.3, -0.25) is 0 Å². The number of furan rings is 2. The van der Waals surface area contributed by atoms with Gasteiger partial charge in [0.15, 0.2) is 11.1 Å². The van der Waals surface area contributed by atoms with Gasteiger partial charge in [-0.25, -0.2) is 13.2 Å². The zero-order valence-electron chi connectivity index (χ0n) is 20.9. The molecule has 8 rings (SSSR count). The fourth-order valence-corrected chi connectivity index (χ4v) is 5.83. The van der Waals surface area contributed by atoms with Crippen molar-refractivity contribution in [2.45, 2.75) is 0 Å². The molecule has 6 aromatic rings. The van der Waals surface area contributed by atoms with E-state index in [0.717, 1.165) is 8.96 Å². The molecule has 0 atom stereocenters. The summed E-state index contributed by atoms with van der Waals surface area (Å²) in [7, 11) is 0. The van der Waals surface area contributed by atoms with E-state index in [4.69, 9.17) is 8.83 Å². The van der Waals surface area contributed by atoms with Gasteiger partial charge in [-0.2, -0.15) is 0 Å². The van der Waals surface area contributed by atoms with Crippen molar-refractivity contribution >= 4 is 29.7 Å². The van der Waals surface area contributed by atoms with Gasteiger partial charge in [0.05, 0.1) is 23.2 Å². The molecule has 0 N–H and O–H groups in total. The van der Waals surface area contributed by atoms with Crippen molar-refractivity contribution in [2.24, 2.45) is 0 Å². The molecule has 0 aliphatic carbocycles. The third kappa shape index (κ3) is 3.43. The van der Waals surface area contributed by atoms with E-state index in [1.54, 1.807) is 18.2 Å². The quantitative estimate of drug-likeness (QED) is 0.184. The van der Waals surface area contributed by atoms with E-state index < -0.39 is 24.4 Å². The second kappa shape index (κ2) is 8.20. The average Bonchev–Trinajstić information content (AvgIpc) is 3.68. The molecule has 4 nitrogen and oxygen atoms in total. The molecule has 0 spiro atoms. The number of aromatic nitrogens is 1. The summed E-state index contributed by atoms with van der Waals surface area (Å²) in [6, 6.07) is 21.4. The van der Waals surface area contributed by atoms with Crippen molar-refractivity contribution < 1.29 is 30.6 Å². The highest BCUT2D eigenvalue weighted by molar-refractivity contribution is 6.65. The van der Waals surface area contributed by atoms with Crippen molar-refractivity contribution in [3.63, 3.8) is 0 Å². The number of fused-ring (bicyclic) bond motifs is 5. The van der Waals surface area contributed by atoms with Crippen LogP contribution in [0.4, 0.5) is 21.8 Å². The maximum absolute atomic E-state index is 16.7. The molecule has 0 amide bonds. The first-order valence-electron chi connectivity index (χ1n) is 12.8. The second-order valence-corrected chi connectivity index (χ2v) is 10.0. The molecule has 3 aromatic carbocycles. The first-order valence-corrected chi connectivity index (χ1v) is 12.8. The van der Waals surface area contributed by atoms with E-state index in [9.17, 15) is 13.2 Å². The first-order chi connectivity index (χ1) is 19.8. The van der Waals surface area contributed by atoms with Gasteiger partial charge in [0.1, 0.15) is 34.6 Å². The third-order valence-electron chi connectivity index (χ3n) is 7.52. The van der Waals surface area contributed by atoms with Gasteiger partial charge in [0, 0.05) is 29.0 Å². The van der Waals surface area contributed by atoms with Crippen LogP contribution < -0.4 is 15.3 Å². The summed E-state index contributed by atoms with van der Waals surface area (Å²) in [6.07, 6.45) is 1.49. The normalized spacial score (nSPS) is 15.2. The average molecular weight is 554 g/mol. The van der Waals surface area contributed by atoms with Crippen LogP contribution in [0.25, 0.3) is 45.4 Å². The molecule has 2 aliphatic heterocycles. The third-order valence-corrected chi connectivity index (χ3v) is 7.52. The molecule has 41 heavy (non-hydrogen) atoms. The van der Waals surface area contributed by atoms with Gasteiger partial charge >= 0.3 is 6.97 Å². The van der Waals surface area contributed by atoms with Gasteiger partial charge < -0.3 is 26.4 Å². The minimum absolute atomic E-state index is 0.0968. The summed E-state index contributed by atoms with van der Waals surface area (Å²) < 4.78 is 89.3. The monoisotopic (exact) mass is 554 g/mol. The largest absolute Gasteiger partial charge is 0.738 e. The Kier molecular flexibility index (Phi) is 4.75. The fraction of sp³-hybridized carbons (Fsp3) is 0. The Bertz CT molecular complexity index is 2240. The molecule has 0 unspecified atom stereocenters. The minimum atomic E-state index is -4.53. The van der Waals surface area contributed by atoms with Crippen LogP contribution in [-0.4, -0.2) is 11.4 Å². The molecule has 0 bridgehead atoms. The molecule has 10 heteroatoms. The van der Waals surface area contributed by atoms with Gasteiger partial charge in [-0.15, -0.1) is 0 Å². The number of nitrogens with zero attached hydrogens (tertiary/aromatic N) is 2. The van der Waals surface area contributed by atoms with E-state index >= 15 is 8.63 Å². The zero-order valence-corrected chi connectivity index (χ0v) is 20.9. The molecule has 200 valence electrons. The van der Waals surface area contributed by atoms with E-state index in [2.05, 4.69) is 0 Å². The maximum Gasteiger partial charge on any atom is 0.738 e. The number of halogens is 5. The molecule has 0 radical (unpaired) electrons. The summed E-state index contributed by atoms with van der Waals surface area (Å²) in [5.74, 6) is -1.05. The Morgan fingerprint density at radius 1 is 0.659 bits per heavy atom. The topological polar surface area (TPSA) is 34.2 Å². The van der Waals surface area contributed by atoms with Crippen LogP contribution in [0.3, 0.4) is 0 Å². The van der Waals surface area contributed by atoms with E-state index in [0.29, 0.717) is 22.3 Å². The maximum atomic E-state index is 16.7. The SMILES string of the molecule is Fc1cccc(C2=C3C=c4oc(-c5cccc(F)c5)cc4=[N+]3[B-](F)(F)n3c2cc2oc(-c4cccc(F)c4)cc23)c1. The number of allylic oxidation sites excluding steroid dienone is 1. The van der Waals surface area contributed by atoms with Crippen LogP contribution in [0, 0.1) is 17.5 Å². The van der Waals surface area contributed by atoms with Crippen LogP contribution >= 0.6 is 0 Å².